The Kier molecular flexibility index (Phi) is 0.866. The highest BCUT2D eigenvalue weighted by Crippen LogP contribution is 2.41. The monoisotopic (exact) mass is 152 g/mol. The molecule has 0 aromatic carbocycles. The maximum atomic E-state index is 5.41. The van der Waals surface area contributed by atoms with E-state index in [1.165, 1.54) is 0 Å². The van der Waals surface area contributed by atoms with E-state index in [1.807, 2.05) is 6.07 Å². The number of rotatable bonds is 0. The standard InChI is InChI=1S/C8H8O3/c1-2-5-4-6-8(9-5)11-7(3-1)10-6/h4,7H,1-3H2/t7-/m1/s1. The lowest BCUT2D eigenvalue weighted by Crippen LogP contribution is -2.19. The Morgan fingerprint density at radius 2 is 2.36 bits per heavy atom. The predicted molar refractivity (Wildman–Crippen MR) is 36.7 cm³/mol. The van der Waals surface area contributed by atoms with E-state index >= 15 is 0 Å². The fraction of sp³-hybridized carbons (Fsp3) is 0.500. The first kappa shape index (κ1) is 5.52. The van der Waals surface area contributed by atoms with Gasteiger partial charge in [0, 0.05) is 18.9 Å². The highest BCUT2D eigenvalue weighted by molar-refractivity contribution is 5.36. The maximum absolute atomic E-state index is 5.41. The molecule has 3 aliphatic rings. The zero-order valence-corrected chi connectivity index (χ0v) is 6.00. The van der Waals surface area contributed by atoms with E-state index in [-0.39, 0.29) is 6.29 Å². The second-order valence-electron chi connectivity index (χ2n) is 2.92. The second-order valence-corrected chi connectivity index (χ2v) is 2.92. The number of hydrogen-bond donors (Lipinski definition) is 0. The van der Waals surface area contributed by atoms with Crippen molar-refractivity contribution < 1.29 is 13.9 Å². The van der Waals surface area contributed by atoms with Gasteiger partial charge in [-0.2, -0.15) is 0 Å². The summed E-state index contributed by atoms with van der Waals surface area (Å²) in [4.78, 5) is 0. The van der Waals surface area contributed by atoms with Crippen LogP contribution in [0.3, 0.4) is 0 Å². The van der Waals surface area contributed by atoms with Crippen LogP contribution in [0.25, 0.3) is 0 Å². The number of furan rings is 1. The molecule has 1 atom stereocenters. The van der Waals surface area contributed by atoms with Gasteiger partial charge in [0.1, 0.15) is 5.76 Å². The van der Waals surface area contributed by atoms with Gasteiger partial charge in [-0.3, -0.25) is 0 Å². The molecule has 3 heteroatoms. The molecule has 3 aliphatic heterocycles. The highest BCUT2D eigenvalue weighted by Gasteiger charge is 2.30. The highest BCUT2D eigenvalue weighted by atomic mass is 16.8. The van der Waals surface area contributed by atoms with Crippen LogP contribution in [0.15, 0.2) is 10.5 Å². The third kappa shape index (κ3) is 0.679. The molecule has 58 valence electrons. The average molecular weight is 152 g/mol. The first-order chi connectivity index (χ1) is 5.42. The lowest BCUT2D eigenvalue weighted by molar-refractivity contribution is 0.0200. The Morgan fingerprint density at radius 3 is 3.27 bits per heavy atom. The van der Waals surface area contributed by atoms with Crippen molar-refractivity contribution in [3.05, 3.63) is 11.8 Å². The van der Waals surface area contributed by atoms with E-state index in [1.54, 1.807) is 0 Å². The smallest absolute Gasteiger partial charge is 0.332 e. The third-order valence-corrected chi connectivity index (χ3v) is 2.08. The molecule has 4 heterocycles. The Labute approximate surface area is 63.9 Å². The van der Waals surface area contributed by atoms with Gasteiger partial charge in [-0.1, -0.05) is 0 Å². The van der Waals surface area contributed by atoms with Crippen LogP contribution in [0.4, 0.5) is 0 Å². The van der Waals surface area contributed by atoms with Crippen molar-refractivity contribution in [1.29, 1.82) is 0 Å². The van der Waals surface area contributed by atoms with Crippen LogP contribution in [0, 0.1) is 0 Å². The molecule has 0 aliphatic carbocycles. The van der Waals surface area contributed by atoms with Crippen molar-refractivity contribution in [2.24, 2.45) is 0 Å². The molecule has 1 aromatic rings. The zero-order chi connectivity index (χ0) is 7.26. The largest absolute Gasteiger partial charge is 0.447 e. The molecule has 0 unspecified atom stereocenters. The topological polar surface area (TPSA) is 31.6 Å². The van der Waals surface area contributed by atoms with E-state index in [0.717, 1.165) is 30.8 Å². The summed E-state index contributed by atoms with van der Waals surface area (Å²) >= 11 is 0. The number of fused-ring (bicyclic) bond motifs is 2. The minimum atomic E-state index is -0.0851. The van der Waals surface area contributed by atoms with Gasteiger partial charge < -0.3 is 13.9 Å². The fourth-order valence-electron chi connectivity index (χ4n) is 1.54. The molecule has 0 fully saturated rings. The van der Waals surface area contributed by atoms with Gasteiger partial charge in [0.05, 0.1) is 0 Å². The van der Waals surface area contributed by atoms with Crippen LogP contribution < -0.4 is 9.47 Å². The summed E-state index contributed by atoms with van der Waals surface area (Å²) < 4.78 is 16.1. The van der Waals surface area contributed by atoms with Crippen LogP contribution in [-0.4, -0.2) is 6.29 Å². The van der Waals surface area contributed by atoms with Gasteiger partial charge in [-0.15, -0.1) is 0 Å². The summed E-state index contributed by atoms with van der Waals surface area (Å²) in [7, 11) is 0. The Morgan fingerprint density at radius 1 is 1.36 bits per heavy atom. The number of hydrogen-bond acceptors (Lipinski definition) is 3. The fourth-order valence-corrected chi connectivity index (χ4v) is 1.54. The Hall–Kier alpha value is -1.12. The van der Waals surface area contributed by atoms with Gasteiger partial charge in [-0.25, -0.2) is 0 Å². The molecule has 0 saturated carbocycles. The first-order valence-electron chi connectivity index (χ1n) is 3.88. The minimum absolute atomic E-state index is 0.0851. The molecule has 4 rings (SSSR count). The second kappa shape index (κ2) is 1.72. The predicted octanol–water partition coefficient (Wildman–Crippen LogP) is 1.71. The van der Waals surface area contributed by atoms with Crippen LogP contribution in [0.1, 0.15) is 18.6 Å². The van der Waals surface area contributed by atoms with Crippen molar-refractivity contribution in [2.75, 3.05) is 0 Å². The molecule has 4 bridgehead atoms. The Bertz CT molecular complexity index is 266. The van der Waals surface area contributed by atoms with Gasteiger partial charge in [0.25, 0.3) is 0 Å². The van der Waals surface area contributed by atoms with Crippen LogP contribution in [-0.2, 0) is 6.42 Å². The van der Waals surface area contributed by atoms with Crippen LogP contribution in [0.5, 0.6) is 11.7 Å². The van der Waals surface area contributed by atoms with Crippen LogP contribution >= 0.6 is 0 Å². The molecule has 0 N–H and O–H groups in total. The van der Waals surface area contributed by atoms with Crippen LogP contribution in [0.2, 0.25) is 0 Å². The van der Waals surface area contributed by atoms with E-state index in [9.17, 15) is 0 Å². The van der Waals surface area contributed by atoms with E-state index in [0.29, 0.717) is 5.95 Å². The van der Waals surface area contributed by atoms with Crippen molar-refractivity contribution in [3.8, 4) is 11.7 Å². The van der Waals surface area contributed by atoms with Gasteiger partial charge in [0.2, 0.25) is 12.0 Å². The zero-order valence-electron chi connectivity index (χ0n) is 6.00. The van der Waals surface area contributed by atoms with E-state index in [4.69, 9.17) is 13.9 Å². The summed E-state index contributed by atoms with van der Waals surface area (Å²) in [6.07, 6.45) is 2.97. The number of ether oxygens (including phenoxy) is 2. The molecule has 0 spiro atoms. The maximum Gasteiger partial charge on any atom is 0.332 e. The molecule has 3 nitrogen and oxygen atoms in total. The van der Waals surface area contributed by atoms with Crippen molar-refractivity contribution in [2.45, 2.75) is 25.6 Å². The normalized spacial score (nSPS) is 25.6. The minimum Gasteiger partial charge on any atom is -0.447 e. The lowest BCUT2D eigenvalue weighted by atomic mass is 10.2. The third-order valence-electron chi connectivity index (χ3n) is 2.08. The summed E-state index contributed by atoms with van der Waals surface area (Å²) in [6.45, 7) is 0. The molecule has 1 aromatic heterocycles. The van der Waals surface area contributed by atoms with E-state index < -0.39 is 0 Å². The van der Waals surface area contributed by atoms with Gasteiger partial charge in [-0.05, 0) is 6.42 Å². The molecule has 0 radical (unpaired) electrons. The Balaban J connectivity index is 2.15. The lowest BCUT2D eigenvalue weighted by Gasteiger charge is -2.11. The van der Waals surface area contributed by atoms with Crippen molar-refractivity contribution >= 4 is 0 Å². The summed E-state index contributed by atoms with van der Waals surface area (Å²) in [6, 6.07) is 1.93. The van der Waals surface area contributed by atoms with Crippen molar-refractivity contribution in [3.63, 3.8) is 0 Å². The summed E-state index contributed by atoms with van der Waals surface area (Å²) in [5.74, 6) is 2.34. The summed E-state index contributed by atoms with van der Waals surface area (Å²) in [5.41, 5.74) is 0. The number of aryl methyl sites for hydroxylation is 1. The molecule has 11 heavy (non-hydrogen) atoms. The first-order valence-corrected chi connectivity index (χ1v) is 3.88. The molecular formula is C8H8O3. The SMILES string of the molecule is c1c2oc3c1O[C@@H](CCC2)O3. The van der Waals surface area contributed by atoms with Crippen molar-refractivity contribution in [1.82, 2.24) is 0 Å². The van der Waals surface area contributed by atoms with Gasteiger partial charge >= 0.3 is 5.95 Å². The molecular weight excluding hydrogens is 144 g/mol. The quantitative estimate of drug-likeness (QED) is 0.567. The molecule has 0 saturated heterocycles. The average Bonchev–Trinajstić information content (AvgIpc) is 2.33. The van der Waals surface area contributed by atoms with E-state index in [2.05, 4.69) is 0 Å². The molecule has 0 amide bonds. The van der Waals surface area contributed by atoms with Gasteiger partial charge in [0.15, 0.2) is 0 Å². The summed E-state index contributed by atoms with van der Waals surface area (Å²) in [5, 5.41) is 0.